The molecule has 29 heavy (non-hydrogen) atoms. The molecule has 0 saturated heterocycles. The van der Waals surface area contributed by atoms with E-state index in [0.717, 1.165) is 19.3 Å². The Morgan fingerprint density at radius 1 is 0.966 bits per heavy atom. The fourth-order valence-corrected chi connectivity index (χ4v) is 3.34. The third kappa shape index (κ3) is 15.1. The molecule has 3 N–H and O–H groups in total. The molecule has 1 aliphatic rings. The average Bonchev–Trinajstić information content (AvgIpc) is 2.91. The number of quaternary nitrogens is 2. The standard InChI is InChI=1S/C16H30N2O3.C5H11NO2/c1-2-3-4-5-6-7-8-9-10-11-15-12-17-14-18(15,21)13-16(19)20;1-6(2,3)4-5(7)8/h14-15,21H,2-13H2,1H3;4H2,1-3H3/p+2. The summed E-state index contributed by atoms with van der Waals surface area (Å²) >= 11 is 0. The molecule has 8 heteroatoms. The van der Waals surface area contributed by atoms with Crippen LogP contribution < -0.4 is 0 Å². The van der Waals surface area contributed by atoms with E-state index in [-0.39, 0.29) is 19.1 Å². The number of aliphatic carboxylic acids is 2. The number of hydrogen-bond donors (Lipinski definition) is 3. The molecule has 8 nitrogen and oxygen atoms in total. The van der Waals surface area contributed by atoms with Gasteiger partial charge in [0.15, 0.2) is 6.54 Å². The van der Waals surface area contributed by atoms with Crippen LogP contribution in [-0.4, -0.2) is 89.6 Å². The summed E-state index contributed by atoms with van der Waals surface area (Å²) in [7, 11) is 5.52. The van der Waals surface area contributed by atoms with E-state index in [0.29, 0.717) is 11.0 Å². The van der Waals surface area contributed by atoms with Crippen LogP contribution in [0.3, 0.4) is 0 Å². The molecule has 0 aromatic rings. The minimum atomic E-state index is -0.983. The third-order valence-electron chi connectivity index (χ3n) is 4.87. The summed E-state index contributed by atoms with van der Waals surface area (Å²) in [4.78, 5) is 24.9. The summed E-state index contributed by atoms with van der Waals surface area (Å²) in [6.45, 7) is 2.67. The van der Waals surface area contributed by atoms with Gasteiger partial charge in [0.05, 0.1) is 27.7 Å². The van der Waals surface area contributed by atoms with Crippen LogP contribution in [0.2, 0.25) is 0 Å². The van der Waals surface area contributed by atoms with Crippen molar-refractivity contribution in [2.45, 2.75) is 77.2 Å². The molecule has 1 rings (SSSR count). The summed E-state index contributed by atoms with van der Waals surface area (Å²) < 4.78 is -0.0400. The number of unbranched alkanes of at least 4 members (excludes halogenated alkanes) is 8. The van der Waals surface area contributed by atoms with E-state index in [9.17, 15) is 14.8 Å². The van der Waals surface area contributed by atoms with Crippen LogP contribution in [0.1, 0.15) is 71.1 Å². The second-order valence-electron chi connectivity index (χ2n) is 9.03. The molecule has 170 valence electrons. The molecule has 0 fully saturated rings. The molecule has 2 unspecified atom stereocenters. The predicted octanol–water partition coefficient (Wildman–Crippen LogP) is 3.39. The zero-order valence-corrected chi connectivity index (χ0v) is 18.8. The maximum absolute atomic E-state index is 10.8. The summed E-state index contributed by atoms with van der Waals surface area (Å²) in [5.74, 6) is -1.74. The number of nitrogens with zero attached hydrogens (tertiary/aromatic N) is 3. The Morgan fingerprint density at radius 3 is 1.90 bits per heavy atom. The largest absolute Gasteiger partial charge is 0.477 e. The molecule has 0 amide bonds. The minimum absolute atomic E-state index is 0.0781. The number of hydroxylamine groups is 3. The molecule has 0 saturated carbocycles. The van der Waals surface area contributed by atoms with Crippen molar-refractivity contribution in [3.8, 4) is 0 Å². The number of hydrogen-bond acceptors (Lipinski definition) is 4. The quantitative estimate of drug-likeness (QED) is 0.297. The smallest absolute Gasteiger partial charge is 0.362 e. The molecule has 0 aromatic heterocycles. The minimum Gasteiger partial charge on any atom is -0.477 e. The Balaban J connectivity index is 0.000000828. The Kier molecular flexibility index (Phi) is 13.7. The number of rotatable bonds is 14. The van der Waals surface area contributed by atoms with Crippen LogP contribution >= 0.6 is 0 Å². The van der Waals surface area contributed by atoms with E-state index in [4.69, 9.17) is 10.2 Å². The van der Waals surface area contributed by atoms with Crippen molar-refractivity contribution in [3.05, 3.63) is 0 Å². The van der Waals surface area contributed by atoms with Gasteiger partial charge in [-0.1, -0.05) is 58.3 Å². The molecule has 2 atom stereocenters. The van der Waals surface area contributed by atoms with Gasteiger partial charge in [0.25, 0.3) is 0 Å². The summed E-state index contributed by atoms with van der Waals surface area (Å²) in [6, 6.07) is -0.0781. The SMILES string of the molecule is CCCCCCCCCCCC1CN=C[N+]1(O)CC(=O)O.C[N+](C)(C)CC(=O)O. The molecule has 0 aliphatic carbocycles. The predicted molar refractivity (Wildman–Crippen MR) is 114 cm³/mol. The number of carboxylic acid groups (broad SMARTS) is 2. The molecule has 0 aromatic carbocycles. The van der Waals surface area contributed by atoms with E-state index < -0.39 is 16.6 Å². The van der Waals surface area contributed by atoms with Gasteiger partial charge in [0.1, 0.15) is 6.04 Å². The first-order chi connectivity index (χ1) is 13.5. The van der Waals surface area contributed by atoms with Crippen molar-refractivity contribution < 1.29 is 34.1 Å². The van der Waals surface area contributed by atoms with Gasteiger partial charge in [-0.15, -0.1) is 4.65 Å². The Morgan fingerprint density at radius 2 is 1.48 bits per heavy atom. The fourth-order valence-electron chi connectivity index (χ4n) is 3.34. The lowest BCUT2D eigenvalue weighted by Crippen LogP contribution is -2.52. The maximum Gasteiger partial charge on any atom is 0.362 e. The molecule has 0 bridgehead atoms. The van der Waals surface area contributed by atoms with E-state index in [1.165, 1.54) is 51.3 Å². The van der Waals surface area contributed by atoms with E-state index >= 15 is 0 Å². The van der Waals surface area contributed by atoms with Crippen molar-refractivity contribution in [1.82, 2.24) is 0 Å². The van der Waals surface area contributed by atoms with Gasteiger partial charge in [0.2, 0.25) is 12.9 Å². The van der Waals surface area contributed by atoms with Crippen LogP contribution in [0.15, 0.2) is 4.99 Å². The van der Waals surface area contributed by atoms with Gasteiger partial charge in [-0.2, -0.15) is 0 Å². The highest BCUT2D eigenvalue weighted by atomic mass is 16.6. The van der Waals surface area contributed by atoms with E-state index in [1.807, 2.05) is 21.1 Å². The lowest BCUT2D eigenvalue weighted by molar-refractivity contribution is -1.03. The summed E-state index contributed by atoms with van der Waals surface area (Å²) in [5.41, 5.74) is 0. The van der Waals surface area contributed by atoms with Gasteiger partial charge in [-0.25, -0.2) is 19.8 Å². The van der Waals surface area contributed by atoms with Crippen molar-refractivity contribution in [1.29, 1.82) is 0 Å². The lowest BCUT2D eigenvalue weighted by Gasteiger charge is -2.26. The van der Waals surface area contributed by atoms with Crippen molar-refractivity contribution in [2.24, 2.45) is 4.99 Å². The van der Waals surface area contributed by atoms with E-state index in [1.54, 1.807) is 0 Å². The Bertz CT molecular complexity index is 505. The van der Waals surface area contributed by atoms with Crippen molar-refractivity contribution in [3.63, 3.8) is 0 Å². The van der Waals surface area contributed by atoms with Crippen LogP contribution in [0, 0.1) is 0 Å². The number of carboxylic acids is 2. The fraction of sp³-hybridized carbons (Fsp3) is 0.857. The van der Waals surface area contributed by atoms with Gasteiger partial charge in [-0.3, -0.25) is 0 Å². The van der Waals surface area contributed by atoms with Gasteiger partial charge in [-0.05, 0) is 6.42 Å². The Hall–Kier alpha value is -1.51. The second-order valence-corrected chi connectivity index (χ2v) is 9.03. The highest BCUT2D eigenvalue weighted by molar-refractivity contribution is 5.69. The number of likely N-dealkylation sites (N-methyl/N-ethyl adjacent to an activating group) is 1. The highest BCUT2D eigenvalue weighted by Crippen LogP contribution is 2.20. The van der Waals surface area contributed by atoms with Crippen LogP contribution in [0.4, 0.5) is 0 Å². The van der Waals surface area contributed by atoms with Crippen LogP contribution in [0.25, 0.3) is 0 Å². The summed E-state index contributed by atoms with van der Waals surface area (Å²) in [5, 5.41) is 27.3. The zero-order valence-electron chi connectivity index (χ0n) is 18.8. The van der Waals surface area contributed by atoms with Crippen molar-refractivity contribution >= 4 is 18.3 Å². The lowest BCUT2D eigenvalue weighted by atomic mass is 10.0. The monoisotopic (exact) mass is 417 g/mol. The topological polar surface area (TPSA) is 107 Å². The first kappa shape index (κ1) is 27.5. The maximum atomic E-state index is 10.8. The molecule has 0 spiro atoms. The molecule has 1 heterocycles. The Labute approximate surface area is 176 Å². The second kappa shape index (κ2) is 14.5. The van der Waals surface area contributed by atoms with Crippen molar-refractivity contribution in [2.75, 3.05) is 40.8 Å². The number of aliphatic imine (C=N–C) groups is 1. The molecular weight excluding hydrogens is 374 g/mol. The molecule has 0 radical (unpaired) electrons. The molecular formula is C21H43N3O5+2. The first-order valence-corrected chi connectivity index (χ1v) is 10.9. The zero-order chi connectivity index (χ0) is 22.3. The summed E-state index contributed by atoms with van der Waals surface area (Å²) in [6.07, 6.45) is 13.6. The highest BCUT2D eigenvalue weighted by Gasteiger charge is 2.40. The normalized spacial score (nSPS) is 20.9. The third-order valence-corrected chi connectivity index (χ3v) is 4.87. The average molecular weight is 418 g/mol. The molecule has 1 aliphatic heterocycles. The van der Waals surface area contributed by atoms with E-state index in [2.05, 4.69) is 11.9 Å². The first-order valence-electron chi connectivity index (χ1n) is 10.9. The van der Waals surface area contributed by atoms with Crippen LogP contribution in [0.5, 0.6) is 0 Å². The van der Waals surface area contributed by atoms with Crippen LogP contribution in [-0.2, 0) is 9.59 Å². The van der Waals surface area contributed by atoms with Gasteiger partial charge >= 0.3 is 11.9 Å². The number of carbonyl (C=O) groups is 2. The van der Waals surface area contributed by atoms with Gasteiger partial charge < -0.3 is 14.7 Å². The van der Waals surface area contributed by atoms with Gasteiger partial charge in [0, 0.05) is 6.42 Å².